The number of aromatic nitrogens is 3. The fourth-order valence-electron chi connectivity index (χ4n) is 2.56. The molecule has 19 heavy (non-hydrogen) atoms. The van der Waals surface area contributed by atoms with Crippen molar-refractivity contribution in [1.82, 2.24) is 19.7 Å². The van der Waals surface area contributed by atoms with Crippen LogP contribution in [0.25, 0.3) is 0 Å². The van der Waals surface area contributed by atoms with Crippen LogP contribution in [-0.4, -0.2) is 32.8 Å². The first-order valence-electron chi connectivity index (χ1n) is 6.71. The van der Waals surface area contributed by atoms with Crippen molar-refractivity contribution >= 4 is 0 Å². The van der Waals surface area contributed by atoms with Crippen molar-refractivity contribution in [2.24, 2.45) is 5.73 Å². The van der Waals surface area contributed by atoms with Crippen LogP contribution in [0.5, 0.6) is 0 Å². The van der Waals surface area contributed by atoms with Gasteiger partial charge in [-0.1, -0.05) is 6.92 Å². The minimum absolute atomic E-state index is 0.116. The highest BCUT2D eigenvalue weighted by Crippen LogP contribution is 2.25. The van der Waals surface area contributed by atoms with E-state index in [1.807, 2.05) is 12.1 Å². The van der Waals surface area contributed by atoms with Crippen LogP contribution in [0.2, 0.25) is 0 Å². The second kappa shape index (κ2) is 5.14. The van der Waals surface area contributed by atoms with Crippen LogP contribution in [0.15, 0.2) is 22.9 Å². The van der Waals surface area contributed by atoms with Gasteiger partial charge in [-0.2, -0.15) is 0 Å². The molecule has 0 aromatic carbocycles. The summed E-state index contributed by atoms with van der Waals surface area (Å²) in [5, 5.41) is 8.08. The summed E-state index contributed by atoms with van der Waals surface area (Å²) in [5.41, 5.74) is 5.94. The predicted octanol–water partition coefficient (Wildman–Crippen LogP) is 0.949. The topological polar surface area (TPSA) is 73.1 Å². The number of nitrogens with zero attached hydrogens (tertiary/aromatic N) is 4. The highest BCUT2D eigenvalue weighted by molar-refractivity contribution is 5.12. The third-order valence-electron chi connectivity index (χ3n) is 3.69. The van der Waals surface area contributed by atoms with E-state index in [0.29, 0.717) is 6.54 Å². The molecule has 0 amide bonds. The summed E-state index contributed by atoms with van der Waals surface area (Å²) in [5.74, 6) is 2.95. The number of aryl methyl sites for hydroxylation is 1. The van der Waals surface area contributed by atoms with Gasteiger partial charge in [0.2, 0.25) is 0 Å². The number of nitrogens with two attached hydrogens (primary N) is 1. The van der Waals surface area contributed by atoms with Gasteiger partial charge >= 0.3 is 0 Å². The Kier molecular flexibility index (Phi) is 3.35. The number of furan rings is 1. The summed E-state index contributed by atoms with van der Waals surface area (Å²) < 4.78 is 7.93. The van der Waals surface area contributed by atoms with Gasteiger partial charge in [0.15, 0.2) is 0 Å². The second-order valence-electron chi connectivity index (χ2n) is 4.82. The molecule has 1 atom stereocenters. The highest BCUT2D eigenvalue weighted by atomic mass is 16.3. The molecule has 0 radical (unpaired) electrons. The van der Waals surface area contributed by atoms with E-state index in [1.54, 1.807) is 6.33 Å². The summed E-state index contributed by atoms with van der Waals surface area (Å²) in [6.45, 7) is 5.24. The van der Waals surface area contributed by atoms with Gasteiger partial charge in [0.05, 0.1) is 12.6 Å². The zero-order valence-corrected chi connectivity index (χ0v) is 11.1. The van der Waals surface area contributed by atoms with Gasteiger partial charge in [-0.3, -0.25) is 4.90 Å². The molecular formula is C13H19N5O. The van der Waals surface area contributed by atoms with Crippen molar-refractivity contribution in [1.29, 1.82) is 0 Å². The Balaban J connectivity index is 1.80. The van der Waals surface area contributed by atoms with E-state index in [-0.39, 0.29) is 6.04 Å². The zero-order chi connectivity index (χ0) is 13.2. The number of fused-ring (bicyclic) bond motifs is 1. The predicted molar refractivity (Wildman–Crippen MR) is 70.3 cm³/mol. The lowest BCUT2D eigenvalue weighted by molar-refractivity contribution is 0.138. The van der Waals surface area contributed by atoms with Crippen LogP contribution >= 0.6 is 0 Å². The Morgan fingerprint density at radius 2 is 2.32 bits per heavy atom. The molecule has 0 saturated heterocycles. The Morgan fingerprint density at radius 3 is 3.05 bits per heavy atom. The van der Waals surface area contributed by atoms with E-state index in [1.165, 1.54) is 0 Å². The van der Waals surface area contributed by atoms with Gasteiger partial charge < -0.3 is 14.7 Å². The minimum Gasteiger partial charge on any atom is -0.464 e. The van der Waals surface area contributed by atoms with Gasteiger partial charge in [0.1, 0.15) is 23.7 Å². The third-order valence-corrected chi connectivity index (χ3v) is 3.69. The molecule has 3 heterocycles. The Morgan fingerprint density at radius 1 is 1.42 bits per heavy atom. The summed E-state index contributed by atoms with van der Waals surface area (Å²) in [6.07, 6.45) is 2.69. The molecule has 0 spiro atoms. The molecular weight excluding hydrogens is 242 g/mol. The molecule has 2 N–H and O–H groups in total. The van der Waals surface area contributed by atoms with E-state index in [4.69, 9.17) is 10.2 Å². The van der Waals surface area contributed by atoms with E-state index < -0.39 is 0 Å². The van der Waals surface area contributed by atoms with Crippen LogP contribution in [0.3, 0.4) is 0 Å². The highest BCUT2D eigenvalue weighted by Gasteiger charge is 2.26. The maximum atomic E-state index is 5.94. The third kappa shape index (κ3) is 2.29. The lowest BCUT2D eigenvalue weighted by Gasteiger charge is -2.32. The zero-order valence-electron chi connectivity index (χ0n) is 11.1. The maximum Gasteiger partial charge on any atom is 0.147 e. The first-order chi connectivity index (χ1) is 9.31. The van der Waals surface area contributed by atoms with Crippen molar-refractivity contribution in [3.63, 3.8) is 0 Å². The standard InChI is InChI=1S/C13H19N5O/c1-2-10-3-4-12(19-10)11(7-14)17-5-6-18-9-15-16-13(18)8-17/h3-4,9,11H,2,5-8,14H2,1H3. The summed E-state index contributed by atoms with van der Waals surface area (Å²) in [7, 11) is 0. The van der Waals surface area contributed by atoms with Gasteiger partial charge in [0, 0.05) is 26.1 Å². The molecule has 0 saturated carbocycles. The normalized spacial score (nSPS) is 17.4. The van der Waals surface area contributed by atoms with Crippen molar-refractivity contribution in [3.05, 3.63) is 35.8 Å². The Hall–Kier alpha value is -1.66. The molecule has 102 valence electrons. The average molecular weight is 261 g/mol. The molecule has 0 aliphatic carbocycles. The van der Waals surface area contributed by atoms with Gasteiger partial charge in [-0.25, -0.2) is 0 Å². The SMILES string of the molecule is CCc1ccc(C(CN)N2CCn3cnnc3C2)o1. The summed E-state index contributed by atoms with van der Waals surface area (Å²) >= 11 is 0. The van der Waals surface area contributed by atoms with Gasteiger partial charge in [0.25, 0.3) is 0 Å². The monoisotopic (exact) mass is 261 g/mol. The van der Waals surface area contributed by atoms with Crippen molar-refractivity contribution in [2.75, 3.05) is 13.1 Å². The molecule has 0 fully saturated rings. The van der Waals surface area contributed by atoms with E-state index in [2.05, 4.69) is 26.6 Å². The molecule has 0 bridgehead atoms. The number of hydrogen-bond acceptors (Lipinski definition) is 5. The van der Waals surface area contributed by atoms with Crippen molar-refractivity contribution in [2.45, 2.75) is 32.5 Å². The molecule has 2 aromatic heterocycles. The van der Waals surface area contributed by atoms with Crippen LogP contribution in [-0.2, 0) is 19.5 Å². The van der Waals surface area contributed by atoms with Crippen LogP contribution in [0.1, 0.15) is 30.3 Å². The second-order valence-corrected chi connectivity index (χ2v) is 4.82. The number of hydrogen-bond donors (Lipinski definition) is 1. The largest absolute Gasteiger partial charge is 0.464 e. The van der Waals surface area contributed by atoms with Gasteiger partial charge in [-0.05, 0) is 12.1 Å². The van der Waals surface area contributed by atoms with Crippen molar-refractivity contribution in [3.8, 4) is 0 Å². The summed E-state index contributed by atoms with van der Waals surface area (Å²) in [4.78, 5) is 2.31. The fourth-order valence-corrected chi connectivity index (χ4v) is 2.56. The van der Waals surface area contributed by atoms with Crippen LogP contribution < -0.4 is 5.73 Å². The van der Waals surface area contributed by atoms with E-state index in [0.717, 1.165) is 43.4 Å². The smallest absolute Gasteiger partial charge is 0.147 e. The summed E-state index contributed by atoms with van der Waals surface area (Å²) in [6, 6.07) is 4.19. The van der Waals surface area contributed by atoms with Crippen LogP contribution in [0, 0.1) is 0 Å². The number of rotatable bonds is 4. The molecule has 1 unspecified atom stereocenters. The first kappa shape index (κ1) is 12.4. The lowest BCUT2D eigenvalue weighted by atomic mass is 10.1. The van der Waals surface area contributed by atoms with Gasteiger partial charge in [-0.15, -0.1) is 10.2 Å². The van der Waals surface area contributed by atoms with E-state index >= 15 is 0 Å². The molecule has 3 rings (SSSR count). The maximum absolute atomic E-state index is 5.94. The first-order valence-corrected chi connectivity index (χ1v) is 6.71. The Labute approximate surface area is 112 Å². The average Bonchev–Trinajstić information content (AvgIpc) is 3.07. The molecule has 6 heteroatoms. The lowest BCUT2D eigenvalue weighted by Crippen LogP contribution is -2.39. The fraction of sp³-hybridized carbons (Fsp3) is 0.538. The Bertz CT molecular complexity index is 547. The molecule has 6 nitrogen and oxygen atoms in total. The van der Waals surface area contributed by atoms with Crippen LogP contribution in [0.4, 0.5) is 0 Å². The van der Waals surface area contributed by atoms with E-state index in [9.17, 15) is 0 Å². The molecule has 2 aromatic rings. The molecule has 1 aliphatic rings. The van der Waals surface area contributed by atoms with Crippen molar-refractivity contribution < 1.29 is 4.42 Å². The minimum atomic E-state index is 0.116. The molecule has 1 aliphatic heterocycles. The quantitative estimate of drug-likeness (QED) is 0.887.